The van der Waals surface area contributed by atoms with Gasteiger partial charge in [0.15, 0.2) is 0 Å². The summed E-state index contributed by atoms with van der Waals surface area (Å²) in [6.07, 6.45) is 1.63. The predicted octanol–water partition coefficient (Wildman–Crippen LogP) is 1.54. The molecule has 88 valence electrons. The molecule has 0 aliphatic heterocycles. The third-order valence-electron chi connectivity index (χ3n) is 2.07. The van der Waals surface area contributed by atoms with Crippen LogP contribution in [0.1, 0.15) is 15.4 Å². The minimum absolute atomic E-state index is 0.300. The van der Waals surface area contributed by atoms with Gasteiger partial charge < -0.3 is 10.6 Å². The molecule has 0 aliphatic rings. The molecule has 2 heterocycles. The Morgan fingerprint density at radius 2 is 2.24 bits per heavy atom. The second-order valence-corrected chi connectivity index (χ2v) is 4.26. The van der Waals surface area contributed by atoms with Crippen molar-refractivity contribution in [3.63, 3.8) is 0 Å². The Bertz CT molecular complexity index is 539. The lowest BCUT2D eigenvalue weighted by molar-refractivity contribution is 0.102. The summed E-state index contributed by atoms with van der Waals surface area (Å²) in [6.45, 7) is 1.88. The fourth-order valence-corrected chi connectivity index (χ4v) is 1.79. The SMILES string of the molecule is CNc1nnc(C(=O)Nc2ncccc2C)s1. The van der Waals surface area contributed by atoms with Gasteiger partial charge in [0.1, 0.15) is 5.82 Å². The van der Waals surface area contributed by atoms with Gasteiger partial charge in [0.25, 0.3) is 5.91 Å². The second-order valence-electron chi connectivity index (χ2n) is 3.29. The van der Waals surface area contributed by atoms with Crippen LogP contribution in [0.2, 0.25) is 0 Å². The molecule has 2 N–H and O–H groups in total. The molecule has 2 aromatic rings. The van der Waals surface area contributed by atoms with E-state index in [1.54, 1.807) is 13.2 Å². The molecule has 0 bridgehead atoms. The summed E-state index contributed by atoms with van der Waals surface area (Å²) in [6, 6.07) is 3.69. The minimum Gasteiger partial charge on any atom is -0.363 e. The van der Waals surface area contributed by atoms with Crippen LogP contribution < -0.4 is 10.6 Å². The van der Waals surface area contributed by atoms with Crippen LogP contribution in [-0.2, 0) is 0 Å². The van der Waals surface area contributed by atoms with Crippen LogP contribution in [0.3, 0.4) is 0 Å². The first-order valence-electron chi connectivity index (χ1n) is 4.95. The Balaban J connectivity index is 2.14. The molecule has 2 rings (SSSR count). The van der Waals surface area contributed by atoms with Gasteiger partial charge in [-0.05, 0) is 18.6 Å². The number of hydrogen-bond donors (Lipinski definition) is 2. The molecule has 0 spiro atoms. The molecule has 7 heteroatoms. The Labute approximate surface area is 102 Å². The number of nitrogens with zero attached hydrogens (tertiary/aromatic N) is 3. The van der Waals surface area contributed by atoms with Crippen molar-refractivity contribution in [1.29, 1.82) is 0 Å². The number of aromatic nitrogens is 3. The highest BCUT2D eigenvalue weighted by Crippen LogP contribution is 2.16. The molecule has 17 heavy (non-hydrogen) atoms. The topological polar surface area (TPSA) is 79.8 Å². The quantitative estimate of drug-likeness (QED) is 0.862. The second kappa shape index (κ2) is 4.88. The molecule has 0 fully saturated rings. The molecule has 0 saturated heterocycles. The standard InChI is InChI=1S/C10H11N5OS/c1-6-4-3-5-12-7(6)13-8(16)9-14-15-10(11-2)17-9/h3-5H,1-2H3,(H,11,15)(H,12,13,16). The first-order valence-corrected chi connectivity index (χ1v) is 5.76. The lowest BCUT2D eigenvalue weighted by Gasteiger charge is -2.03. The maximum atomic E-state index is 11.8. The van der Waals surface area contributed by atoms with E-state index in [9.17, 15) is 4.79 Å². The third kappa shape index (κ3) is 2.56. The first kappa shape index (κ1) is 11.5. The fourth-order valence-electron chi connectivity index (χ4n) is 1.19. The monoisotopic (exact) mass is 249 g/mol. The van der Waals surface area contributed by atoms with E-state index in [1.807, 2.05) is 19.1 Å². The van der Waals surface area contributed by atoms with Gasteiger partial charge in [0, 0.05) is 13.2 Å². The number of anilines is 2. The van der Waals surface area contributed by atoms with Crippen LogP contribution in [0, 0.1) is 6.92 Å². The smallest absolute Gasteiger partial charge is 0.287 e. The minimum atomic E-state index is -0.300. The number of pyridine rings is 1. The molecule has 0 radical (unpaired) electrons. The summed E-state index contributed by atoms with van der Waals surface area (Å²) < 4.78 is 0. The van der Waals surface area contributed by atoms with Gasteiger partial charge in [-0.15, -0.1) is 10.2 Å². The Morgan fingerprint density at radius 3 is 2.88 bits per heavy atom. The highest BCUT2D eigenvalue weighted by Gasteiger charge is 2.13. The normalized spacial score (nSPS) is 10.0. The molecule has 6 nitrogen and oxygen atoms in total. The van der Waals surface area contributed by atoms with Crippen molar-refractivity contribution in [2.45, 2.75) is 6.92 Å². The lowest BCUT2D eigenvalue weighted by Crippen LogP contribution is -2.13. The van der Waals surface area contributed by atoms with Crippen molar-refractivity contribution in [1.82, 2.24) is 15.2 Å². The number of hydrogen-bond acceptors (Lipinski definition) is 6. The van der Waals surface area contributed by atoms with Crippen molar-refractivity contribution < 1.29 is 4.79 Å². The summed E-state index contributed by atoms with van der Waals surface area (Å²) >= 11 is 1.19. The van der Waals surface area contributed by atoms with Gasteiger partial charge >= 0.3 is 0 Å². The van der Waals surface area contributed by atoms with Gasteiger partial charge in [0.05, 0.1) is 0 Å². The highest BCUT2D eigenvalue weighted by atomic mass is 32.1. The molecule has 0 atom stereocenters. The number of amides is 1. The molecular formula is C10H11N5OS. The van der Waals surface area contributed by atoms with E-state index in [1.165, 1.54) is 11.3 Å². The maximum absolute atomic E-state index is 11.8. The van der Waals surface area contributed by atoms with E-state index in [0.29, 0.717) is 16.0 Å². The molecule has 2 aromatic heterocycles. The summed E-state index contributed by atoms with van der Waals surface area (Å²) in [5.74, 6) is 0.240. The van der Waals surface area contributed by atoms with Gasteiger partial charge in [-0.1, -0.05) is 17.4 Å². The molecule has 1 amide bonds. The third-order valence-corrected chi connectivity index (χ3v) is 3.01. The van der Waals surface area contributed by atoms with Gasteiger partial charge in [0.2, 0.25) is 10.1 Å². The lowest BCUT2D eigenvalue weighted by atomic mass is 10.3. The Hall–Kier alpha value is -2.02. The highest BCUT2D eigenvalue weighted by molar-refractivity contribution is 7.17. The summed E-state index contributed by atoms with van der Waals surface area (Å²) in [5.41, 5.74) is 0.902. The Kier molecular flexibility index (Phi) is 3.29. The molecular weight excluding hydrogens is 238 g/mol. The van der Waals surface area contributed by atoms with E-state index in [4.69, 9.17) is 0 Å². The van der Waals surface area contributed by atoms with Crippen LogP contribution in [0.15, 0.2) is 18.3 Å². The predicted molar refractivity (Wildman–Crippen MR) is 66.4 cm³/mol. The number of rotatable bonds is 3. The van der Waals surface area contributed by atoms with Crippen molar-refractivity contribution in [3.8, 4) is 0 Å². The van der Waals surface area contributed by atoms with Crippen molar-refractivity contribution >= 4 is 28.2 Å². The van der Waals surface area contributed by atoms with E-state index in [2.05, 4.69) is 25.8 Å². The van der Waals surface area contributed by atoms with Crippen molar-refractivity contribution in [2.75, 3.05) is 17.7 Å². The van der Waals surface area contributed by atoms with Crippen LogP contribution >= 0.6 is 11.3 Å². The van der Waals surface area contributed by atoms with Gasteiger partial charge in [-0.2, -0.15) is 0 Å². The van der Waals surface area contributed by atoms with E-state index >= 15 is 0 Å². The van der Waals surface area contributed by atoms with Crippen LogP contribution in [0.5, 0.6) is 0 Å². The van der Waals surface area contributed by atoms with E-state index in [0.717, 1.165) is 5.56 Å². The average molecular weight is 249 g/mol. The zero-order chi connectivity index (χ0) is 12.3. The van der Waals surface area contributed by atoms with Crippen LogP contribution in [0.4, 0.5) is 10.9 Å². The molecule has 0 unspecified atom stereocenters. The van der Waals surface area contributed by atoms with Gasteiger partial charge in [-0.3, -0.25) is 4.79 Å². The number of nitrogens with one attached hydrogen (secondary N) is 2. The summed E-state index contributed by atoms with van der Waals surface area (Å²) in [5, 5.41) is 14.0. The molecule has 0 aromatic carbocycles. The number of carbonyl (C=O) groups is 1. The van der Waals surface area contributed by atoms with Crippen LogP contribution in [0.25, 0.3) is 0 Å². The maximum Gasteiger partial charge on any atom is 0.287 e. The largest absolute Gasteiger partial charge is 0.363 e. The molecule has 0 saturated carbocycles. The fraction of sp³-hybridized carbons (Fsp3) is 0.200. The zero-order valence-electron chi connectivity index (χ0n) is 9.39. The Morgan fingerprint density at radius 1 is 1.41 bits per heavy atom. The number of carbonyl (C=O) groups excluding carboxylic acids is 1. The first-order chi connectivity index (χ1) is 8.20. The summed E-state index contributed by atoms with van der Waals surface area (Å²) in [7, 11) is 1.73. The zero-order valence-corrected chi connectivity index (χ0v) is 10.2. The van der Waals surface area contributed by atoms with Crippen LogP contribution in [-0.4, -0.2) is 28.1 Å². The summed E-state index contributed by atoms with van der Waals surface area (Å²) in [4.78, 5) is 15.9. The van der Waals surface area contributed by atoms with Crippen molar-refractivity contribution in [3.05, 3.63) is 28.9 Å². The number of aryl methyl sites for hydroxylation is 1. The molecule has 0 aliphatic carbocycles. The van der Waals surface area contributed by atoms with Gasteiger partial charge in [-0.25, -0.2) is 4.98 Å². The van der Waals surface area contributed by atoms with E-state index < -0.39 is 0 Å². The van der Waals surface area contributed by atoms with Crippen molar-refractivity contribution in [2.24, 2.45) is 0 Å². The average Bonchev–Trinajstić information content (AvgIpc) is 2.81. The van der Waals surface area contributed by atoms with E-state index in [-0.39, 0.29) is 5.91 Å².